The number of unbranched alkanes of at least 4 members (excludes halogenated alkanes) is 1. The van der Waals surface area contributed by atoms with Crippen molar-refractivity contribution in [2.75, 3.05) is 13.2 Å². The third-order valence-electron chi connectivity index (χ3n) is 4.68. The average molecular weight is 496 g/mol. The van der Waals surface area contributed by atoms with Crippen molar-refractivity contribution in [3.8, 4) is 5.75 Å². The van der Waals surface area contributed by atoms with Gasteiger partial charge in [-0.3, -0.25) is 9.59 Å². The number of carbonyl (C=O) groups is 2. The molecule has 1 N–H and O–H groups in total. The van der Waals surface area contributed by atoms with Gasteiger partial charge in [-0.2, -0.15) is 0 Å². The van der Waals surface area contributed by atoms with Gasteiger partial charge in [0.25, 0.3) is 5.91 Å². The monoisotopic (exact) mass is 494 g/mol. The number of nitrogens with zero attached hydrogens (tertiary/aromatic N) is 1. The molecule has 2 aromatic carbocycles. The lowest BCUT2D eigenvalue weighted by Crippen LogP contribution is -2.49. The zero-order chi connectivity index (χ0) is 22.1. The summed E-state index contributed by atoms with van der Waals surface area (Å²) in [5.74, 6) is 0.0805. The largest absolute Gasteiger partial charge is 0.483 e. The van der Waals surface area contributed by atoms with Crippen LogP contribution in [0, 0.1) is 6.92 Å². The molecule has 0 fully saturated rings. The first-order valence-electron chi connectivity index (χ1n) is 10.0. The van der Waals surface area contributed by atoms with Crippen LogP contribution < -0.4 is 10.1 Å². The summed E-state index contributed by atoms with van der Waals surface area (Å²) in [5, 5.41) is 3.48. The van der Waals surface area contributed by atoms with Gasteiger partial charge in [0.15, 0.2) is 6.61 Å². The van der Waals surface area contributed by atoms with Gasteiger partial charge in [-0.25, -0.2) is 0 Å². The first-order valence-corrected chi connectivity index (χ1v) is 11.2. The maximum atomic E-state index is 13.0. The van der Waals surface area contributed by atoms with Crippen molar-refractivity contribution in [2.24, 2.45) is 0 Å². The van der Waals surface area contributed by atoms with Crippen LogP contribution in [0.3, 0.4) is 0 Å². The highest BCUT2D eigenvalue weighted by atomic mass is 79.9. The van der Waals surface area contributed by atoms with Gasteiger partial charge >= 0.3 is 0 Å². The molecule has 0 saturated carbocycles. The molecule has 2 aromatic rings. The Balaban J connectivity index is 2.13. The molecule has 0 aliphatic carbocycles. The van der Waals surface area contributed by atoms with Gasteiger partial charge in [-0.1, -0.05) is 54.8 Å². The number of halogens is 2. The first kappa shape index (κ1) is 24.2. The molecule has 0 saturated heterocycles. The lowest BCUT2D eigenvalue weighted by atomic mass is 10.1. The Bertz CT molecular complexity index is 875. The number of carbonyl (C=O) groups excluding carboxylic acids is 2. The minimum atomic E-state index is -0.618. The van der Waals surface area contributed by atoms with E-state index in [4.69, 9.17) is 16.3 Å². The molecule has 0 aliphatic heterocycles. The molecular weight excluding hydrogens is 468 g/mol. The van der Waals surface area contributed by atoms with Gasteiger partial charge in [0.05, 0.1) is 4.47 Å². The SMILES string of the molecule is CCCCNC(=O)C(C)N(Cc1cccc(C)c1)C(=O)COc1ccc(Cl)cc1Br. The van der Waals surface area contributed by atoms with E-state index in [2.05, 4.69) is 28.2 Å². The van der Waals surface area contributed by atoms with Crippen LogP contribution in [-0.2, 0) is 16.1 Å². The van der Waals surface area contributed by atoms with Crippen molar-refractivity contribution in [1.82, 2.24) is 10.2 Å². The average Bonchev–Trinajstić information content (AvgIpc) is 2.71. The maximum Gasteiger partial charge on any atom is 0.261 e. The highest BCUT2D eigenvalue weighted by Gasteiger charge is 2.26. The number of ether oxygens (including phenoxy) is 1. The molecule has 30 heavy (non-hydrogen) atoms. The number of amides is 2. The number of hydrogen-bond acceptors (Lipinski definition) is 3. The molecule has 0 bridgehead atoms. The second kappa shape index (κ2) is 12.0. The summed E-state index contributed by atoms with van der Waals surface area (Å²) in [4.78, 5) is 27.2. The molecule has 2 rings (SSSR count). The number of nitrogens with one attached hydrogen (secondary N) is 1. The van der Waals surface area contributed by atoms with E-state index in [0.717, 1.165) is 24.0 Å². The van der Waals surface area contributed by atoms with Crippen molar-refractivity contribution in [3.63, 3.8) is 0 Å². The second-order valence-electron chi connectivity index (χ2n) is 7.19. The van der Waals surface area contributed by atoms with Gasteiger partial charge in [0.2, 0.25) is 5.91 Å². The van der Waals surface area contributed by atoms with Crippen LogP contribution in [0.2, 0.25) is 5.02 Å². The third kappa shape index (κ3) is 7.33. The molecule has 2 amide bonds. The minimum Gasteiger partial charge on any atom is -0.483 e. The highest BCUT2D eigenvalue weighted by molar-refractivity contribution is 9.10. The molecule has 0 heterocycles. The van der Waals surface area contributed by atoms with Crippen molar-refractivity contribution in [2.45, 2.75) is 46.2 Å². The Morgan fingerprint density at radius 3 is 2.67 bits per heavy atom. The molecular formula is C23H28BrClN2O3. The number of benzene rings is 2. The zero-order valence-corrected chi connectivity index (χ0v) is 19.9. The van der Waals surface area contributed by atoms with Gasteiger partial charge < -0.3 is 15.0 Å². The fraction of sp³-hybridized carbons (Fsp3) is 0.391. The van der Waals surface area contributed by atoms with Crippen LogP contribution >= 0.6 is 27.5 Å². The van der Waals surface area contributed by atoms with E-state index >= 15 is 0 Å². The molecule has 162 valence electrons. The van der Waals surface area contributed by atoms with Crippen molar-refractivity contribution >= 4 is 39.3 Å². The Morgan fingerprint density at radius 1 is 1.23 bits per heavy atom. The lowest BCUT2D eigenvalue weighted by Gasteiger charge is -2.29. The Labute approximate surface area is 191 Å². The summed E-state index contributed by atoms with van der Waals surface area (Å²) in [5.41, 5.74) is 2.06. The number of aryl methyl sites for hydroxylation is 1. The van der Waals surface area contributed by atoms with E-state index < -0.39 is 6.04 Å². The topological polar surface area (TPSA) is 58.6 Å². The Morgan fingerprint density at radius 2 is 2.00 bits per heavy atom. The molecule has 5 nitrogen and oxygen atoms in total. The van der Waals surface area contributed by atoms with Crippen LogP contribution in [0.15, 0.2) is 46.9 Å². The van der Waals surface area contributed by atoms with E-state index in [9.17, 15) is 9.59 Å². The molecule has 0 radical (unpaired) electrons. The normalized spacial score (nSPS) is 11.6. The molecule has 1 unspecified atom stereocenters. The number of hydrogen-bond donors (Lipinski definition) is 1. The summed E-state index contributed by atoms with van der Waals surface area (Å²) in [7, 11) is 0. The van der Waals surface area contributed by atoms with Crippen molar-refractivity contribution in [3.05, 3.63) is 63.1 Å². The summed E-state index contributed by atoms with van der Waals surface area (Å²) >= 11 is 9.34. The Hall–Kier alpha value is -2.05. The van der Waals surface area contributed by atoms with E-state index in [1.165, 1.54) is 0 Å². The molecule has 7 heteroatoms. The summed E-state index contributed by atoms with van der Waals surface area (Å²) in [6, 6.07) is 12.4. The highest BCUT2D eigenvalue weighted by Crippen LogP contribution is 2.28. The molecule has 0 spiro atoms. The molecule has 0 aliphatic rings. The second-order valence-corrected chi connectivity index (χ2v) is 8.49. The standard InChI is InChI=1S/C23H28BrClN2O3/c1-4-5-11-26-23(29)17(3)27(14-18-8-6-7-16(2)12-18)22(28)15-30-21-10-9-19(25)13-20(21)24/h6-10,12-13,17H,4-5,11,14-15H2,1-3H3,(H,26,29). The molecule has 1 atom stereocenters. The fourth-order valence-electron chi connectivity index (χ4n) is 2.94. The van der Waals surface area contributed by atoms with Crippen LogP contribution in [0.5, 0.6) is 5.75 Å². The van der Waals surface area contributed by atoms with E-state index in [1.807, 2.05) is 31.2 Å². The first-order chi connectivity index (χ1) is 14.3. The van der Waals surface area contributed by atoms with E-state index in [1.54, 1.807) is 30.0 Å². The van der Waals surface area contributed by atoms with E-state index in [-0.39, 0.29) is 18.4 Å². The van der Waals surface area contributed by atoms with Gasteiger partial charge in [0, 0.05) is 18.1 Å². The van der Waals surface area contributed by atoms with Crippen LogP contribution in [0.1, 0.15) is 37.8 Å². The predicted octanol–water partition coefficient (Wildman–Crippen LogP) is 5.12. The van der Waals surface area contributed by atoms with Crippen molar-refractivity contribution in [1.29, 1.82) is 0 Å². The summed E-state index contributed by atoms with van der Waals surface area (Å²) in [6.07, 6.45) is 1.89. The minimum absolute atomic E-state index is 0.169. The summed E-state index contributed by atoms with van der Waals surface area (Å²) in [6.45, 7) is 6.55. The fourth-order valence-corrected chi connectivity index (χ4v) is 3.74. The van der Waals surface area contributed by atoms with Gasteiger partial charge in [-0.15, -0.1) is 0 Å². The van der Waals surface area contributed by atoms with Gasteiger partial charge in [-0.05, 0) is 60.0 Å². The summed E-state index contributed by atoms with van der Waals surface area (Å²) < 4.78 is 6.36. The smallest absolute Gasteiger partial charge is 0.261 e. The maximum absolute atomic E-state index is 13.0. The van der Waals surface area contributed by atoms with Crippen LogP contribution in [-0.4, -0.2) is 35.9 Å². The third-order valence-corrected chi connectivity index (χ3v) is 5.53. The zero-order valence-electron chi connectivity index (χ0n) is 17.6. The van der Waals surface area contributed by atoms with Crippen LogP contribution in [0.25, 0.3) is 0 Å². The quantitative estimate of drug-likeness (QED) is 0.465. The predicted molar refractivity (Wildman–Crippen MR) is 124 cm³/mol. The van der Waals surface area contributed by atoms with E-state index in [0.29, 0.717) is 28.3 Å². The van der Waals surface area contributed by atoms with Gasteiger partial charge in [0.1, 0.15) is 11.8 Å². The number of rotatable bonds is 10. The van der Waals surface area contributed by atoms with Crippen molar-refractivity contribution < 1.29 is 14.3 Å². The molecule has 0 aromatic heterocycles. The Kier molecular flexibility index (Phi) is 9.66. The van der Waals surface area contributed by atoms with Crippen LogP contribution in [0.4, 0.5) is 0 Å². The lowest BCUT2D eigenvalue weighted by molar-refractivity contribution is -0.142.